The molecule has 3 aromatic rings. The highest BCUT2D eigenvalue weighted by Gasteiger charge is 2.18. The van der Waals surface area contributed by atoms with Gasteiger partial charge in [0, 0.05) is 12.1 Å². The highest BCUT2D eigenvalue weighted by Crippen LogP contribution is 2.25. The SMILES string of the molecule is O=C(Cn1c(C(=O)NCCO)cc2sccc21)c1ccccc1. The van der Waals surface area contributed by atoms with Crippen LogP contribution in [0.15, 0.2) is 47.8 Å². The molecule has 0 saturated heterocycles. The lowest BCUT2D eigenvalue weighted by Gasteiger charge is -2.10. The molecule has 23 heavy (non-hydrogen) atoms. The molecule has 0 bridgehead atoms. The van der Waals surface area contributed by atoms with Gasteiger partial charge in [0.15, 0.2) is 5.78 Å². The second kappa shape index (κ2) is 6.76. The van der Waals surface area contributed by atoms with Crippen LogP contribution in [0.1, 0.15) is 20.8 Å². The van der Waals surface area contributed by atoms with Crippen molar-refractivity contribution >= 4 is 33.2 Å². The molecule has 5 nitrogen and oxygen atoms in total. The van der Waals surface area contributed by atoms with Gasteiger partial charge in [-0.25, -0.2) is 0 Å². The van der Waals surface area contributed by atoms with Crippen molar-refractivity contribution < 1.29 is 14.7 Å². The van der Waals surface area contributed by atoms with E-state index in [4.69, 9.17) is 5.11 Å². The fourth-order valence-corrected chi connectivity index (χ4v) is 3.28. The van der Waals surface area contributed by atoms with Crippen LogP contribution in [-0.4, -0.2) is 34.5 Å². The van der Waals surface area contributed by atoms with Gasteiger partial charge in [0.2, 0.25) is 0 Å². The molecule has 0 spiro atoms. The van der Waals surface area contributed by atoms with Gasteiger partial charge in [-0.3, -0.25) is 9.59 Å². The number of carbonyl (C=O) groups is 2. The number of fused-ring (bicyclic) bond motifs is 1. The summed E-state index contributed by atoms with van der Waals surface area (Å²) in [5, 5.41) is 13.4. The van der Waals surface area contributed by atoms with Gasteiger partial charge in [0.05, 0.1) is 23.4 Å². The first-order valence-electron chi connectivity index (χ1n) is 7.24. The minimum absolute atomic E-state index is 0.0505. The minimum Gasteiger partial charge on any atom is -0.395 e. The summed E-state index contributed by atoms with van der Waals surface area (Å²) < 4.78 is 2.69. The Balaban J connectivity index is 1.93. The molecular weight excluding hydrogens is 312 g/mol. The number of aliphatic hydroxyl groups excluding tert-OH is 1. The van der Waals surface area contributed by atoms with Gasteiger partial charge < -0.3 is 15.0 Å². The lowest BCUT2D eigenvalue weighted by atomic mass is 10.1. The van der Waals surface area contributed by atoms with Crippen molar-refractivity contribution in [3.63, 3.8) is 0 Å². The average molecular weight is 328 g/mol. The van der Waals surface area contributed by atoms with Crippen LogP contribution < -0.4 is 5.32 Å². The summed E-state index contributed by atoms with van der Waals surface area (Å²) in [6.45, 7) is 0.167. The first kappa shape index (κ1) is 15.5. The molecule has 6 heteroatoms. The summed E-state index contributed by atoms with van der Waals surface area (Å²) in [6.07, 6.45) is 0. The molecule has 118 valence electrons. The summed E-state index contributed by atoms with van der Waals surface area (Å²) in [5.41, 5.74) is 1.92. The second-order valence-corrected chi connectivity index (χ2v) is 6.00. The fraction of sp³-hybridized carbons (Fsp3) is 0.176. The van der Waals surface area contributed by atoms with Crippen LogP contribution in [0.25, 0.3) is 10.2 Å². The average Bonchev–Trinajstić information content (AvgIpc) is 3.16. The molecule has 1 aromatic carbocycles. The summed E-state index contributed by atoms with van der Waals surface area (Å²) in [7, 11) is 0. The van der Waals surface area contributed by atoms with Crippen LogP contribution in [0.3, 0.4) is 0 Å². The fourth-order valence-electron chi connectivity index (χ4n) is 2.45. The van der Waals surface area contributed by atoms with E-state index in [2.05, 4.69) is 5.32 Å². The van der Waals surface area contributed by atoms with E-state index in [0.717, 1.165) is 10.2 Å². The largest absolute Gasteiger partial charge is 0.395 e. The smallest absolute Gasteiger partial charge is 0.268 e. The molecule has 0 aliphatic carbocycles. The molecule has 2 aromatic heterocycles. The van der Waals surface area contributed by atoms with Gasteiger partial charge in [-0.15, -0.1) is 11.3 Å². The number of rotatable bonds is 6. The number of hydrogen-bond donors (Lipinski definition) is 2. The van der Waals surface area contributed by atoms with Crippen LogP contribution in [0.5, 0.6) is 0 Å². The number of carbonyl (C=O) groups excluding carboxylic acids is 2. The Morgan fingerprint density at radius 3 is 2.70 bits per heavy atom. The molecule has 3 rings (SSSR count). The topological polar surface area (TPSA) is 71.3 Å². The predicted octanol–water partition coefficient (Wildman–Crippen LogP) is 2.31. The highest BCUT2D eigenvalue weighted by atomic mass is 32.1. The molecule has 1 amide bonds. The standard InChI is InChI=1S/C17H16N2O3S/c20-8-7-18-17(22)14-10-16-13(6-9-23-16)19(14)11-15(21)12-4-2-1-3-5-12/h1-6,9-10,20H,7-8,11H2,(H,18,22). The molecule has 0 fully saturated rings. The third kappa shape index (κ3) is 3.18. The van der Waals surface area contributed by atoms with E-state index in [1.54, 1.807) is 22.8 Å². The van der Waals surface area contributed by atoms with E-state index in [1.807, 2.05) is 29.6 Å². The zero-order chi connectivity index (χ0) is 16.2. The van der Waals surface area contributed by atoms with Gasteiger partial charge in [-0.1, -0.05) is 30.3 Å². The summed E-state index contributed by atoms with van der Waals surface area (Å²) >= 11 is 1.52. The van der Waals surface area contributed by atoms with Crippen LogP contribution in [0.2, 0.25) is 0 Å². The molecule has 0 aliphatic rings. The van der Waals surface area contributed by atoms with Crippen LogP contribution in [-0.2, 0) is 6.54 Å². The monoisotopic (exact) mass is 328 g/mol. The number of aliphatic hydroxyl groups is 1. The number of aromatic nitrogens is 1. The normalized spacial score (nSPS) is 10.8. The van der Waals surface area contributed by atoms with Crippen molar-refractivity contribution in [2.24, 2.45) is 0 Å². The first-order valence-corrected chi connectivity index (χ1v) is 8.12. The second-order valence-electron chi connectivity index (χ2n) is 5.05. The number of Topliss-reactive ketones (excluding diaryl/α,β-unsaturated/α-hetero) is 1. The van der Waals surface area contributed by atoms with Crippen molar-refractivity contribution in [1.29, 1.82) is 0 Å². The molecule has 0 unspecified atom stereocenters. The number of benzene rings is 1. The Kier molecular flexibility index (Phi) is 4.55. The maximum atomic E-state index is 12.5. The van der Waals surface area contributed by atoms with E-state index in [-0.39, 0.29) is 31.4 Å². The summed E-state index contributed by atoms with van der Waals surface area (Å²) in [6, 6.07) is 12.7. The number of amides is 1. The minimum atomic E-state index is -0.289. The third-order valence-corrected chi connectivity index (χ3v) is 4.40. The number of thiophene rings is 1. The lowest BCUT2D eigenvalue weighted by Crippen LogP contribution is -2.29. The van der Waals surface area contributed by atoms with E-state index in [0.29, 0.717) is 11.3 Å². The van der Waals surface area contributed by atoms with E-state index in [1.165, 1.54) is 11.3 Å². The Labute approximate surface area is 137 Å². The van der Waals surface area contributed by atoms with Crippen LogP contribution >= 0.6 is 11.3 Å². The molecule has 0 saturated carbocycles. The molecule has 0 radical (unpaired) electrons. The van der Waals surface area contributed by atoms with Crippen molar-refractivity contribution in [2.75, 3.05) is 13.2 Å². The van der Waals surface area contributed by atoms with Gasteiger partial charge in [-0.2, -0.15) is 0 Å². The molecule has 0 aliphatic heterocycles. The summed E-state index contributed by atoms with van der Waals surface area (Å²) in [5.74, 6) is -0.339. The molecule has 0 atom stereocenters. The van der Waals surface area contributed by atoms with Crippen LogP contribution in [0.4, 0.5) is 0 Å². The Bertz CT molecular complexity index is 836. The Hall–Kier alpha value is -2.44. The van der Waals surface area contributed by atoms with Gasteiger partial charge >= 0.3 is 0 Å². The number of hydrogen-bond acceptors (Lipinski definition) is 4. The predicted molar refractivity (Wildman–Crippen MR) is 90.0 cm³/mol. The van der Waals surface area contributed by atoms with Crippen molar-refractivity contribution in [3.8, 4) is 0 Å². The van der Waals surface area contributed by atoms with E-state index >= 15 is 0 Å². The number of nitrogens with zero attached hydrogens (tertiary/aromatic N) is 1. The van der Waals surface area contributed by atoms with Gasteiger partial charge in [-0.05, 0) is 17.5 Å². The van der Waals surface area contributed by atoms with Crippen molar-refractivity contribution in [3.05, 3.63) is 59.1 Å². The lowest BCUT2D eigenvalue weighted by molar-refractivity contribution is 0.0930. The maximum Gasteiger partial charge on any atom is 0.268 e. The molecule has 2 N–H and O–H groups in total. The number of ketones is 1. The molecule has 2 heterocycles. The maximum absolute atomic E-state index is 12.5. The number of nitrogens with one attached hydrogen (secondary N) is 1. The zero-order valence-corrected chi connectivity index (χ0v) is 13.2. The summed E-state index contributed by atoms with van der Waals surface area (Å²) in [4.78, 5) is 24.7. The van der Waals surface area contributed by atoms with Crippen molar-refractivity contribution in [2.45, 2.75) is 6.54 Å². The third-order valence-electron chi connectivity index (χ3n) is 3.55. The zero-order valence-electron chi connectivity index (χ0n) is 12.4. The quantitative estimate of drug-likeness (QED) is 0.682. The van der Waals surface area contributed by atoms with E-state index in [9.17, 15) is 9.59 Å². The van der Waals surface area contributed by atoms with E-state index < -0.39 is 0 Å². The van der Waals surface area contributed by atoms with Gasteiger partial charge in [0.1, 0.15) is 5.69 Å². The molecular formula is C17H16N2O3S. The van der Waals surface area contributed by atoms with Crippen molar-refractivity contribution in [1.82, 2.24) is 9.88 Å². The van der Waals surface area contributed by atoms with Crippen LogP contribution in [0, 0.1) is 0 Å². The van der Waals surface area contributed by atoms with Gasteiger partial charge in [0.25, 0.3) is 5.91 Å². The Morgan fingerprint density at radius 2 is 1.96 bits per heavy atom. The first-order chi connectivity index (χ1) is 11.2. The Morgan fingerprint density at radius 1 is 1.17 bits per heavy atom. The highest BCUT2D eigenvalue weighted by molar-refractivity contribution is 7.17.